The SMILES string of the molecule is CCOC(=O)c1ccccc1Nc1cc(Nc2ccc3c(c2)OCO3)ncn1. The molecule has 0 aliphatic carbocycles. The van der Waals surface area contributed by atoms with Crippen molar-refractivity contribution in [2.75, 3.05) is 24.0 Å². The van der Waals surface area contributed by atoms with Gasteiger partial charge < -0.3 is 24.8 Å². The Morgan fingerprint density at radius 3 is 2.68 bits per heavy atom. The van der Waals surface area contributed by atoms with Gasteiger partial charge in [-0.3, -0.25) is 0 Å². The van der Waals surface area contributed by atoms with E-state index < -0.39 is 5.97 Å². The summed E-state index contributed by atoms with van der Waals surface area (Å²) in [5.41, 5.74) is 1.85. The van der Waals surface area contributed by atoms with Crippen LogP contribution in [0.1, 0.15) is 17.3 Å². The highest BCUT2D eigenvalue weighted by Crippen LogP contribution is 2.35. The quantitative estimate of drug-likeness (QED) is 0.624. The van der Waals surface area contributed by atoms with Gasteiger partial charge in [0.2, 0.25) is 6.79 Å². The van der Waals surface area contributed by atoms with E-state index in [1.807, 2.05) is 24.3 Å². The van der Waals surface area contributed by atoms with Crippen molar-refractivity contribution < 1.29 is 19.0 Å². The summed E-state index contributed by atoms with van der Waals surface area (Å²) in [6.07, 6.45) is 1.44. The fourth-order valence-electron chi connectivity index (χ4n) is 2.73. The molecule has 2 N–H and O–H groups in total. The minimum absolute atomic E-state index is 0.222. The van der Waals surface area contributed by atoms with E-state index in [0.29, 0.717) is 41.0 Å². The number of fused-ring (bicyclic) bond motifs is 1. The number of carbonyl (C=O) groups is 1. The monoisotopic (exact) mass is 378 g/mol. The lowest BCUT2D eigenvalue weighted by molar-refractivity contribution is 0.0527. The predicted octanol–water partition coefficient (Wildman–Crippen LogP) is 3.87. The smallest absolute Gasteiger partial charge is 0.340 e. The highest BCUT2D eigenvalue weighted by molar-refractivity contribution is 5.96. The largest absolute Gasteiger partial charge is 0.462 e. The molecule has 0 amide bonds. The van der Waals surface area contributed by atoms with E-state index in [2.05, 4.69) is 20.6 Å². The highest BCUT2D eigenvalue weighted by Gasteiger charge is 2.14. The molecule has 2 heterocycles. The van der Waals surface area contributed by atoms with Crippen LogP contribution in [0.2, 0.25) is 0 Å². The molecule has 3 aromatic rings. The molecule has 0 unspecified atom stereocenters. The second-order valence-electron chi connectivity index (χ2n) is 5.87. The zero-order chi connectivity index (χ0) is 19.3. The maximum Gasteiger partial charge on any atom is 0.340 e. The van der Waals surface area contributed by atoms with Crippen LogP contribution in [0.15, 0.2) is 54.9 Å². The molecule has 0 saturated heterocycles. The number of nitrogens with zero attached hydrogens (tertiary/aromatic N) is 2. The number of carbonyl (C=O) groups excluding carboxylic acids is 1. The molecule has 1 aliphatic heterocycles. The second kappa shape index (κ2) is 7.83. The Morgan fingerprint density at radius 1 is 1.04 bits per heavy atom. The zero-order valence-corrected chi connectivity index (χ0v) is 15.1. The average molecular weight is 378 g/mol. The van der Waals surface area contributed by atoms with Gasteiger partial charge in [0.15, 0.2) is 11.5 Å². The van der Waals surface area contributed by atoms with Crippen molar-refractivity contribution in [1.29, 1.82) is 0 Å². The van der Waals surface area contributed by atoms with Gasteiger partial charge >= 0.3 is 5.97 Å². The number of ether oxygens (including phenoxy) is 3. The normalized spacial score (nSPS) is 11.8. The fraction of sp³-hybridized carbons (Fsp3) is 0.150. The van der Waals surface area contributed by atoms with E-state index in [4.69, 9.17) is 14.2 Å². The first-order valence-electron chi connectivity index (χ1n) is 8.75. The van der Waals surface area contributed by atoms with Crippen LogP contribution in [0.5, 0.6) is 11.5 Å². The third-order valence-corrected chi connectivity index (χ3v) is 4.00. The number of benzene rings is 2. The summed E-state index contributed by atoms with van der Waals surface area (Å²) in [5.74, 6) is 2.13. The number of esters is 1. The minimum atomic E-state index is -0.390. The van der Waals surface area contributed by atoms with Crippen molar-refractivity contribution >= 4 is 29.0 Å². The Labute approximate surface area is 161 Å². The number of aromatic nitrogens is 2. The lowest BCUT2D eigenvalue weighted by Gasteiger charge is -2.12. The van der Waals surface area contributed by atoms with Crippen molar-refractivity contribution in [2.45, 2.75) is 6.92 Å². The van der Waals surface area contributed by atoms with Gasteiger partial charge in [0.1, 0.15) is 18.0 Å². The molecule has 0 bridgehead atoms. The molecule has 1 aromatic heterocycles. The summed E-state index contributed by atoms with van der Waals surface area (Å²) in [5, 5.41) is 6.34. The van der Waals surface area contributed by atoms with E-state index in [9.17, 15) is 4.79 Å². The van der Waals surface area contributed by atoms with Gasteiger partial charge in [-0.1, -0.05) is 12.1 Å². The Balaban J connectivity index is 1.53. The van der Waals surface area contributed by atoms with E-state index >= 15 is 0 Å². The lowest BCUT2D eigenvalue weighted by atomic mass is 10.2. The van der Waals surface area contributed by atoms with Crippen molar-refractivity contribution in [3.63, 3.8) is 0 Å². The van der Waals surface area contributed by atoms with Crippen molar-refractivity contribution in [3.05, 3.63) is 60.4 Å². The molecule has 1 aliphatic rings. The molecular weight excluding hydrogens is 360 g/mol. The molecule has 0 atom stereocenters. The lowest BCUT2D eigenvalue weighted by Crippen LogP contribution is -2.08. The van der Waals surface area contributed by atoms with Gasteiger partial charge in [-0.05, 0) is 31.2 Å². The van der Waals surface area contributed by atoms with Crippen LogP contribution in [0, 0.1) is 0 Å². The summed E-state index contributed by atoms with van der Waals surface area (Å²) in [7, 11) is 0. The maximum atomic E-state index is 12.1. The first-order chi connectivity index (χ1) is 13.7. The number of rotatable bonds is 6. The molecule has 4 rings (SSSR count). The van der Waals surface area contributed by atoms with E-state index in [1.54, 1.807) is 31.2 Å². The number of anilines is 4. The number of hydrogen-bond donors (Lipinski definition) is 2. The van der Waals surface area contributed by atoms with Crippen LogP contribution in [-0.4, -0.2) is 29.3 Å². The van der Waals surface area contributed by atoms with Gasteiger partial charge in [0, 0.05) is 17.8 Å². The van der Waals surface area contributed by atoms with Gasteiger partial charge in [-0.2, -0.15) is 0 Å². The van der Waals surface area contributed by atoms with E-state index in [1.165, 1.54) is 6.33 Å². The molecule has 8 nitrogen and oxygen atoms in total. The van der Waals surface area contributed by atoms with Crippen LogP contribution >= 0.6 is 0 Å². The molecular formula is C20H18N4O4. The van der Waals surface area contributed by atoms with Gasteiger partial charge in [-0.25, -0.2) is 14.8 Å². The summed E-state index contributed by atoms with van der Waals surface area (Å²) in [4.78, 5) is 20.6. The van der Waals surface area contributed by atoms with Crippen molar-refractivity contribution in [3.8, 4) is 11.5 Å². The predicted molar refractivity (Wildman–Crippen MR) is 104 cm³/mol. The standard InChI is InChI=1S/C20H18N4O4/c1-2-26-20(25)14-5-3-4-6-15(14)24-19-10-18(21-11-22-19)23-13-7-8-16-17(9-13)28-12-27-16/h3-11H,2,12H2,1H3,(H2,21,22,23,24). The molecule has 2 aromatic carbocycles. The van der Waals surface area contributed by atoms with Gasteiger partial charge in [-0.15, -0.1) is 0 Å². The van der Waals surface area contributed by atoms with Crippen LogP contribution in [0.25, 0.3) is 0 Å². The summed E-state index contributed by atoms with van der Waals surface area (Å²) >= 11 is 0. The first kappa shape index (κ1) is 17.6. The molecule has 0 radical (unpaired) electrons. The number of hydrogen-bond acceptors (Lipinski definition) is 8. The van der Waals surface area contributed by atoms with E-state index in [0.717, 1.165) is 5.69 Å². The fourth-order valence-corrected chi connectivity index (χ4v) is 2.73. The van der Waals surface area contributed by atoms with Gasteiger partial charge in [0.25, 0.3) is 0 Å². The Hall–Kier alpha value is -3.81. The molecule has 0 spiro atoms. The van der Waals surface area contributed by atoms with Crippen LogP contribution in [-0.2, 0) is 4.74 Å². The van der Waals surface area contributed by atoms with E-state index in [-0.39, 0.29) is 6.79 Å². The van der Waals surface area contributed by atoms with Crippen molar-refractivity contribution in [1.82, 2.24) is 9.97 Å². The van der Waals surface area contributed by atoms with Crippen LogP contribution in [0.3, 0.4) is 0 Å². The Kier molecular flexibility index (Phi) is 4.92. The Bertz CT molecular complexity index is 1010. The van der Waals surface area contributed by atoms with Crippen LogP contribution in [0.4, 0.5) is 23.0 Å². The minimum Gasteiger partial charge on any atom is -0.462 e. The van der Waals surface area contributed by atoms with Crippen LogP contribution < -0.4 is 20.1 Å². The van der Waals surface area contributed by atoms with Gasteiger partial charge in [0.05, 0.1) is 17.9 Å². The highest BCUT2D eigenvalue weighted by atomic mass is 16.7. The molecule has 28 heavy (non-hydrogen) atoms. The van der Waals surface area contributed by atoms with Crippen molar-refractivity contribution in [2.24, 2.45) is 0 Å². The molecule has 8 heteroatoms. The topological polar surface area (TPSA) is 94.6 Å². The number of nitrogens with one attached hydrogen (secondary N) is 2. The molecule has 0 saturated carbocycles. The number of para-hydroxylation sites is 1. The molecule has 0 fully saturated rings. The summed E-state index contributed by atoms with van der Waals surface area (Å²) in [6, 6.07) is 14.4. The third kappa shape index (κ3) is 3.80. The third-order valence-electron chi connectivity index (χ3n) is 4.00. The average Bonchev–Trinajstić information content (AvgIpc) is 3.17. The first-order valence-corrected chi connectivity index (χ1v) is 8.75. The summed E-state index contributed by atoms with van der Waals surface area (Å²) in [6.45, 7) is 2.30. The zero-order valence-electron chi connectivity index (χ0n) is 15.1. The maximum absolute atomic E-state index is 12.1. The summed E-state index contributed by atoms with van der Waals surface area (Å²) < 4.78 is 15.8. The second-order valence-corrected chi connectivity index (χ2v) is 5.87. The Morgan fingerprint density at radius 2 is 1.82 bits per heavy atom. The molecule has 142 valence electrons.